The number of nitrogens with zero attached hydrogens (tertiary/aromatic N) is 3. The van der Waals surface area contributed by atoms with Crippen molar-refractivity contribution in [2.45, 2.75) is 32.9 Å². The SMILES string of the molecule is Cc1csc(CCn2cncc2C(C)N)n1. The molecule has 0 aromatic carbocycles. The van der Waals surface area contributed by atoms with Crippen molar-refractivity contribution in [2.75, 3.05) is 0 Å². The fourth-order valence-corrected chi connectivity index (χ4v) is 2.40. The second kappa shape index (κ2) is 4.76. The van der Waals surface area contributed by atoms with Crippen LogP contribution in [-0.4, -0.2) is 14.5 Å². The zero-order valence-corrected chi connectivity index (χ0v) is 10.4. The van der Waals surface area contributed by atoms with Crippen LogP contribution in [0.2, 0.25) is 0 Å². The van der Waals surface area contributed by atoms with Crippen molar-refractivity contribution in [3.63, 3.8) is 0 Å². The van der Waals surface area contributed by atoms with Crippen LogP contribution < -0.4 is 5.73 Å². The van der Waals surface area contributed by atoms with Gasteiger partial charge in [-0.3, -0.25) is 0 Å². The van der Waals surface area contributed by atoms with Gasteiger partial charge in [0.15, 0.2) is 0 Å². The third kappa shape index (κ3) is 2.48. The Bertz CT molecular complexity index is 458. The van der Waals surface area contributed by atoms with Gasteiger partial charge in [0.25, 0.3) is 0 Å². The molecular formula is C11H16N4S. The lowest BCUT2D eigenvalue weighted by Crippen LogP contribution is -2.12. The lowest BCUT2D eigenvalue weighted by atomic mass is 10.2. The number of hydrogen-bond donors (Lipinski definition) is 1. The van der Waals surface area contributed by atoms with Crippen LogP contribution in [0.15, 0.2) is 17.9 Å². The number of rotatable bonds is 4. The van der Waals surface area contributed by atoms with E-state index in [1.54, 1.807) is 11.3 Å². The predicted molar refractivity (Wildman–Crippen MR) is 65.4 cm³/mol. The van der Waals surface area contributed by atoms with Crippen LogP contribution in [0.3, 0.4) is 0 Å². The van der Waals surface area contributed by atoms with Gasteiger partial charge >= 0.3 is 0 Å². The molecule has 5 heteroatoms. The molecule has 0 aliphatic heterocycles. The molecule has 2 heterocycles. The Morgan fingerprint density at radius 1 is 1.56 bits per heavy atom. The zero-order chi connectivity index (χ0) is 11.5. The fraction of sp³-hybridized carbons (Fsp3) is 0.455. The van der Waals surface area contributed by atoms with Gasteiger partial charge in [-0.2, -0.15) is 0 Å². The Balaban J connectivity index is 2.02. The van der Waals surface area contributed by atoms with E-state index >= 15 is 0 Å². The summed E-state index contributed by atoms with van der Waals surface area (Å²) < 4.78 is 2.10. The molecule has 2 aromatic heterocycles. The number of aryl methyl sites for hydroxylation is 3. The first-order chi connectivity index (χ1) is 7.66. The Hall–Kier alpha value is -1.20. The molecule has 0 aliphatic rings. The maximum absolute atomic E-state index is 5.86. The maximum atomic E-state index is 5.86. The van der Waals surface area contributed by atoms with Gasteiger partial charge in [0, 0.05) is 36.3 Å². The van der Waals surface area contributed by atoms with Crippen molar-refractivity contribution >= 4 is 11.3 Å². The Kier molecular flexibility index (Phi) is 3.36. The highest BCUT2D eigenvalue weighted by molar-refractivity contribution is 7.09. The third-order valence-electron chi connectivity index (χ3n) is 2.44. The minimum absolute atomic E-state index is 0.0283. The highest BCUT2D eigenvalue weighted by Gasteiger charge is 2.07. The molecular weight excluding hydrogens is 220 g/mol. The predicted octanol–water partition coefficient (Wildman–Crippen LogP) is 1.91. The van der Waals surface area contributed by atoms with Crippen molar-refractivity contribution in [3.05, 3.63) is 34.3 Å². The number of aromatic nitrogens is 3. The summed E-state index contributed by atoms with van der Waals surface area (Å²) in [5.41, 5.74) is 8.03. The number of imidazole rings is 1. The number of thiazole rings is 1. The first-order valence-electron chi connectivity index (χ1n) is 5.33. The second-order valence-electron chi connectivity index (χ2n) is 3.93. The number of nitrogens with two attached hydrogens (primary N) is 1. The zero-order valence-electron chi connectivity index (χ0n) is 9.55. The smallest absolute Gasteiger partial charge is 0.0948 e. The van der Waals surface area contributed by atoms with Crippen LogP contribution in [-0.2, 0) is 13.0 Å². The molecule has 1 unspecified atom stereocenters. The Morgan fingerprint density at radius 2 is 2.38 bits per heavy atom. The van der Waals surface area contributed by atoms with Crippen LogP contribution in [0.5, 0.6) is 0 Å². The van der Waals surface area contributed by atoms with E-state index in [-0.39, 0.29) is 6.04 Å². The van der Waals surface area contributed by atoms with Crippen LogP contribution in [0.1, 0.15) is 29.4 Å². The first-order valence-corrected chi connectivity index (χ1v) is 6.21. The molecule has 0 saturated heterocycles. The van der Waals surface area contributed by atoms with Gasteiger partial charge in [0.2, 0.25) is 0 Å². The summed E-state index contributed by atoms with van der Waals surface area (Å²) in [7, 11) is 0. The third-order valence-corrected chi connectivity index (χ3v) is 3.47. The molecule has 0 bridgehead atoms. The van der Waals surface area contributed by atoms with Crippen molar-refractivity contribution in [2.24, 2.45) is 5.73 Å². The molecule has 2 rings (SSSR count). The van der Waals surface area contributed by atoms with E-state index in [0.29, 0.717) is 0 Å². The molecule has 0 radical (unpaired) electrons. The molecule has 2 aromatic rings. The Morgan fingerprint density at radius 3 is 3.00 bits per heavy atom. The summed E-state index contributed by atoms with van der Waals surface area (Å²) in [5.74, 6) is 0. The van der Waals surface area contributed by atoms with E-state index < -0.39 is 0 Å². The number of hydrogen-bond acceptors (Lipinski definition) is 4. The van der Waals surface area contributed by atoms with Crippen molar-refractivity contribution in [3.8, 4) is 0 Å². The van der Waals surface area contributed by atoms with E-state index in [2.05, 4.69) is 19.9 Å². The van der Waals surface area contributed by atoms with Gasteiger partial charge < -0.3 is 10.3 Å². The van der Waals surface area contributed by atoms with Crippen LogP contribution >= 0.6 is 11.3 Å². The normalized spacial score (nSPS) is 12.9. The van der Waals surface area contributed by atoms with Crippen LogP contribution in [0.4, 0.5) is 0 Å². The van der Waals surface area contributed by atoms with E-state index in [0.717, 1.165) is 24.4 Å². The van der Waals surface area contributed by atoms with Gasteiger partial charge in [0.1, 0.15) is 0 Å². The lowest BCUT2D eigenvalue weighted by Gasteiger charge is -2.09. The summed E-state index contributed by atoms with van der Waals surface area (Å²) >= 11 is 1.71. The van der Waals surface area contributed by atoms with E-state index in [9.17, 15) is 0 Å². The summed E-state index contributed by atoms with van der Waals surface area (Å²) in [4.78, 5) is 8.56. The fourth-order valence-electron chi connectivity index (χ4n) is 1.63. The summed E-state index contributed by atoms with van der Waals surface area (Å²) in [6.45, 7) is 4.88. The monoisotopic (exact) mass is 236 g/mol. The average molecular weight is 236 g/mol. The van der Waals surface area contributed by atoms with Gasteiger partial charge in [0.05, 0.1) is 17.0 Å². The molecule has 0 fully saturated rings. The van der Waals surface area contributed by atoms with E-state index in [4.69, 9.17) is 5.73 Å². The summed E-state index contributed by atoms with van der Waals surface area (Å²) in [6.07, 6.45) is 4.60. The van der Waals surface area contributed by atoms with Crippen LogP contribution in [0, 0.1) is 6.92 Å². The molecule has 2 N–H and O–H groups in total. The average Bonchev–Trinajstić information content (AvgIpc) is 2.83. The maximum Gasteiger partial charge on any atom is 0.0948 e. The van der Waals surface area contributed by atoms with Crippen LogP contribution in [0.25, 0.3) is 0 Å². The largest absolute Gasteiger partial charge is 0.333 e. The Labute approximate surface area is 99.2 Å². The topological polar surface area (TPSA) is 56.7 Å². The molecule has 0 aliphatic carbocycles. The molecule has 1 atom stereocenters. The quantitative estimate of drug-likeness (QED) is 0.882. The van der Waals surface area contributed by atoms with Gasteiger partial charge in [-0.05, 0) is 13.8 Å². The highest BCUT2D eigenvalue weighted by Crippen LogP contribution is 2.13. The van der Waals surface area contributed by atoms with Gasteiger partial charge in [-0.25, -0.2) is 9.97 Å². The molecule has 0 saturated carbocycles. The lowest BCUT2D eigenvalue weighted by molar-refractivity contribution is 0.622. The van der Waals surface area contributed by atoms with Crippen molar-refractivity contribution in [1.82, 2.24) is 14.5 Å². The molecule has 4 nitrogen and oxygen atoms in total. The first kappa shape index (κ1) is 11.3. The molecule has 0 spiro atoms. The van der Waals surface area contributed by atoms with Gasteiger partial charge in [-0.1, -0.05) is 0 Å². The molecule has 0 amide bonds. The summed E-state index contributed by atoms with van der Waals surface area (Å²) in [6, 6.07) is 0.0283. The van der Waals surface area contributed by atoms with E-state index in [1.165, 1.54) is 5.01 Å². The highest BCUT2D eigenvalue weighted by atomic mass is 32.1. The van der Waals surface area contributed by atoms with Crippen molar-refractivity contribution < 1.29 is 0 Å². The van der Waals surface area contributed by atoms with Crippen molar-refractivity contribution in [1.29, 1.82) is 0 Å². The minimum atomic E-state index is 0.0283. The summed E-state index contributed by atoms with van der Waals surface area (Å²) in [5, 5.41) is 3.25. The standard InChI is InChI=1S/C11H16N4S/c1-8-6-16-11(14-8)3-4-15-7-13-5-10(15)9(2)12/h5-7,9H,3-4,12H2,1-2H3. The second-order valence-corrected chi connectivity index (χ2v) is 4.88. The van der Waals surface area contributed by atoms with E-state index in [1.807, 2.05) is 26.4 Å². The molecule has 86 valence electrons. The van der Waals surface area contributed by atoms with Gasteiger partial charge in [-0.15, -0.1) is 11.3 Å². The molecule has 16 heavy (non-hydrogen) atoms. The minimum Gasteiger partial charge on any atom is -0.333 e.